The van der Waals surface area contributed by atoms with Crippen LogP contribution in [0.4, 0.5) is 13.2 Å². The Kier molecular flexibility index (Phi) is 10.1. The van der Waals surface area contributed by atoms with Crippen molar-refractivity contribution < 1.29 is 22.6 Å². The number of aliphatic imine (C=N–C) groups is 1. The lowest BCUT2D eigenvalue weighted by molar-refractivity contribution is -0.137. The van der Waals surface area contributed by atoms with E-state index in [4.69, 9.17) is 9.47 Å². The number of halogens is 4. The Labute approximate surface area is 203 Å². The SMILES string of the molecule is CN=C(NCc1cccc(C(F)(F)F)c1)NCc1ccc(C)cc1OCC1CCOC1.I. The molecule has 1 fully saturated rings. The van der Waals surface area contributed by atoms with Crippen LogP contribution in [0.25, 0.3) is 0 Å². The van der Waals surface area contributed by atoms with E-state index in [1.807, 2.05) is 25.1 Å². The Morgan fingerprint density at radius 2 is 1.94 bits per heavy atom. The highest BCUT2D eigenvalue weighted by atomic mass is 127. The molecule has 5 nitrogen and oxygen atoms in total. The van der Waals surface area contributed by atoms with Gasteiger partial charge in [-0.2, -0.15) is 13.2 Å². The van der Waals surface area contributed by atoms with Crippen LogP contribution in [0.1, 0.15) is 28.7 Å². The van der Waals surface area contributed by atoms with Gasteiger partial charge in [0.25, 0.3) is 0 Å². The van der Waals surface area contributed by atoms with Gasteiger partial charge in [0.05, 0.1) is 18.8 Å². The average Bonchev–Trinajstić information content (AvgIpc) is 3.26. The largest absolute Gasteiger partial charge is 0.493 e. The molecule has 9 heteroatoms. The van der Waals surface area contributed by atoms with Gasteiger partial charge in [-0.05, 0) is 42.7 Å². The maximum Gasteiger partial charge on any atom is 0.416 e. The van der Waals surface area contributed by atoms with Crippen molar-refractivity contribution in [3.05, 3.63) is 64.7 Å². The summed E-state index contributed by atoms with van der Waals surface area (Å²) in [5, 5.41) is 6.26. The molecule has 0 aliphatic carbocycles. The zero-order chi connectivity index (χ0) is 22.3. The van der Waals surface area contributed by atoms with Crippen LogP contribution in [0.2, 0.25) is 0 Å². The third-order valence-electron chi connectivity index (χ3n) is 5.11. The van der Waals surface area contributed by atoms with Crippen molar-refractivity contribution in [2.75, 3.05) is 26.9 Å². The van der Waals surface area contributed by atoms with E-state index in [2.05, 4.69) is 15.6 Å². The van der Waals surface area contributed by atoms with E-state index in [-0.39, 0.29) is 30.5 Å². The lowest BCUT2D eigenvalue weighted by atomic mass is 10.1. The fourth-order valence-electron chi connectivity index (χ4n) is 3.31. The highest BCUT2D eigenvalue weighted by Crippen LogP contribution is 2.29. The van der Waals surface area contributed by atoms with Gasteiger partial charge in [0, 0.05) is 38.2 Å². The summed E-state index contributed by atoms with van der Waals surface area (Å²) in [5.41, 5.74) is 1.94. The van der Waals surface area contributed by atoms with Gasteiger partial charge in [0.15, 0.2) is 5.96 Å². The van der Waals surface area contributed by atoms with Gasteiger partial charge in [0.1, 0.15) is 5.75 Å². The number of guanidine groups is 1. The number of hydrogen-bond donors (Lipinski definition) is 2. The van der Waals surface area contributed by atoms with Crippen molar-refractivity contribution in [3.8, 4) is 5.75 Å². The summed E-state index contributed by atoms with van der Waals surface area (Å²) in [6.45, 7) is 4.83. The molecule has 2 N–H and O–H groups in total. The molecule has 1 saturated heterocycles. The van der Waals surface area contributed by atoms with Crippen LogP contribution in [-0.2, 0) is 24.0 Å². The van der Waals surface area contributed by atoms with Crippen LogP contribution in [0.15, 0.2) is 47.5 Å². The molecule has 3 rings (SSSR count). The van der Waals surface area contributed by atoms with E-state index in [1.54, 1.807) is 13.1 Å². The van der Waals surface area contributed by atoms with Crippen LogP contribution < -0.4 is 15.4 Å². The number of hydrogen-bond acceptors (Lipinski definition) is 3. The lowest BCUT2D eigenvalue weighted by Gasteiger charge is -2.17. The smallest absolute Gasteiger partial charge is 0.416 e. The third kappa shape index (κ3) is 7.84. The Morgan fingerprint density at radius 1 is 1.16 bits per heavy atom. The van der Waals surface area contributed by atoms with Crippen molar-refractivity contribution in [3.63, 3.8) is 0 Å². The summed E-state index contributed by atoms with van der Waals surface area (Å²) in [4.78, 5) is 4.16. The van der Waals surface area contributed by atoms with Crippen molar-refractivity contribution in [1.82, 2.24) is 10.6 Å². The molecule has 0 aromatic heterocycles. The molecule has 1 atom stereocenters. The molecule has 2 aromatic carbocycles. The minimum Gasteiger partial charge on any atom is -0.493 e. The van der Waals surface area contributed by atoms with E-state index in [1.165, 1.54) is 6.07 Å². The maximum absolute atomic E-state index is 12.9. The first-order valence-electron chi connectivity index (χ1n) is 10.3. The van der Waals surface area contributed by atoms with Crippen LogP contribution in [0, 0.1) is 12.8 Å². The molecule has 32 heavy (non-hydrogen) atoms. The van der Waals surface area contributed by atoms with E-state index < -0.39 is 11.7 Å². The molecular formula is C23H29F3IN3O2. The van der Waals surface area contributed by atoms with Crippen LogP contribution in [0.5, 0.6) is 5.75 Å². The molecule has 0 spiro atoms. The summed E-state index contributed by atoms with van der Waals surface area (Å²) in [5.74, 6) is 1.71. The van der Waals surface area contributed by atoms with Crippen molar-refractivity contribution in [2.45, 2.75) is 32.6 Å². The summed E-state index contributed by atoms with van der Waals surface area (Å²) >= 11 is 0. The number of nitrogens with one attached hydrogen (secondary N) is 2. The molecule has 2 aromatic rings. The zero-order valence-electron chi connectivity index (χ0n) is 18.2. The fourth-order valence-corrected chi connectivity index (χ4v) is 3.31. The van der Waals surface area contributed by atoms with Crippen LogP contribution >= 0.6 is 24.0 Å². The molecule has 0 amide bonds. The minimum atomic E-state index is -4.36. The predicted octanol–water partition coefficient (Wildman–Crippen LogP) is 4.91. The fraction of sp³-hybridized carbons (Fsp3) is 0.435. The zero-order valence-corrected chi connectivity index (χ0v) is 20.5. The molecule has 1 aliphatic heterocycles. The Hall–Kier alpha value is -2.01. The number of ether oxygens (including phenoxy) is 2. The lowest BCUT2D eigenvalue weighted by Crippen LogP contribution is -2.36. The normalized spacial score (nSPS) is 16.4. The van der Waals surface area contributed by atoms with Gasteiger partial charge in [0.2, 0.25) is 0 Å². The molecule has 1 heterocycles. The summed E-state index contributed by atoms with van der Waals surface area (Å²) in [6, 6.07) is 11.3. The molecule has 1 aliphatic rings. The second-order valence-electron chi connectivity index (χ2n) is 7.63. The van der Waals surface area contributed by atoms with E-state index >= 15 is 0 Å². The van der Waals surface area contributed by atoms with E-state index in [0.717, 1.165) is 48.6 Å². The first kappa shape index (κ1) is 26.2. The van der Waals surface area contributed by atoms with Crippen molar-refractivity contribution in [1.29, 1.82) is 0 Å². The Bertz CT molecular complexity index is 900. The Morgan fingerprint density at radius 3 is 2.62 bits per heavy atom. The number of nitrogens with zero attached hydrogens (tertiary/aromatic N) is 1. The number of aryl methyl sites for hydroxylation is 1. The standard InChI is InChI=1S/C23H28F3N3O2.HI/c1-16-6-7-19(21(10-16)31-15-18-8-9-30-14-18)13-29-22(27-2)28-12-17-4-3-5-20(11-17)23(24,25)26;/h3-7,10-11,18H,8-9,12-15H2,1-2H3,(H2,27,28,29);1H. The Balaban J connectivity index is 0.00000363. The second kappa shape index (κ2) is 12.3. The first-order valence-corrected chi connectivity index (χ1v) is 10.3. The van der Waals surface area contributed by atoms with Crippen LogP contribution in [0.3, 0.4) is 0 Å². The molecule has 0 radical (unpaired) electrons. The van der Waals surface area contributed by atoms with Gasteiger partial charge in [-0.25, -0.2) is 0 Å². The van der Waals surface area contributed by atoms with Gasteiger partial charge in [-0.3, -0.25) is 4.99 Å². The average molecular weight is 563 g/mol. The van der Waals surface area contributed by atoms with Gasteiger partial charge in [-0.1, -0.05) is 24.3 Å². The predicted molar refractivity (Wildman–Crippen MR) is 129 cm³/mol. The summed E-state index contributed by atoms with van der Waals surface area (Å²) < 4.78 is 50.1. The van der Waals surface area contributed by atoms with Crippen molar-refractivity contribution >= 4 is 29.9 Å². The van der Waals surface area contributed by atoms with Crippen molar-refractivity contribution in [2.24, 2.45) is 10.9 Å². The molecule has 0 bridgehead atoms. The highest BCUT2D eigenvalue weighted by Gasteiger charge is 2.30. The summed E-state index contributed by atoms with van der Waals surface area (Å²) in [7, 11) is 1.62. The molecule has 176 valence electrons. The number of rotatable bonds is 7. The third-order valence-corrected chi connectivity index (χ3v) is 5.11. The quantitative estimate of drug-likeness (QED) is 0.286. The minimum absolute atomic E-state index is 0. The highest BCUT2D eigenvalue weighted by molar-refractivity contribution is 14.0. The summed E-state index contributed by atoms with van der Waals surface area (Å²) in [6.07, 6.45) is -3.35. The first-order chi connectivity index (χ1) is 14.8. The van der Waals surface area contributed by atoms with Gasteiger partial charge >= 0.3 is 6.18 Å². The maximum atomic E-state index is 12.9. The van der Waals surface area contributed by atoms with Gasteiger partial charge in [-0.15, -0.1) is 24.0 Å². The van der Waals surface area contributed by atoms with Crippen LogP contribution in [-0.4, -0.2) is 32.8 Å². The molecule has 0 saturated carbocycles. The molecule has 1 unspecified atom stereocenters. The monoisotopic (exact) mass is 563 g/mol. The van der Waals surface area contributed by atoms with Gasteiger partial charge < -0.3 is 20.1 Å². The van der Waals surface area contributed by atoms with E-state index in [0.29, 0.717) is 30.6 Å². The van der Waals surface area contributed by atoms with E-state index in [9.17, 15) is 13.2 Å². The molecular weight excluding hydrogens is 534 g/mol. The number of alkyl halides is 3. The topological polar surface area (TPSA) is 54.9 Å². The second-order valence-corrected chi connectivity index (χ2v) is 7.63. The number of benzene rings is 2.